The Balaban J connectivity index is 1.30. The summed E-state index contributed by atoms with van der Waals surface area (Å²) in [6, 6.07) is 20.4. The smallest absolute Gasteiger partial charge is 0.234 e. The summed E-state index contributed by atoms with van der Waals surface area (Å²) in [5, 5.41) is 7.71. The van der Waals surface area contributed by atoms with Crippen molar-refractivity contribution < 1.29 is 9.53 Å². The largest absolute Gasteiger partial charge is 0.457 e. The summed E-state index contributed by atoms with van der Waals surface area (Å²) >= 11 is 1.34. The maximum atomic E-state index is 12.3. The van der Waals surface area contributed by atoms with Gasteiger partial charge in [-0.2, -0.15) is 5.10 Å². The first-order valence-electron chi connectivity index (χ1n) is 8.84. The lowest BCUT2D eigenvalue weighted by molar-refractivity contribution is -0.113. The molecule has 7 nitrogen and oxygen atoms in total. The summed E-state index contributed by atoms with van der Waals surface area (Å²) in [6.07, 6.45) is 4.94. The molecule has 0 saturated carbocycles. The highest BCUT2D eigenvalue weighted by Crippen LogP contribution is 2.23. The molecule has 0 aliphatic carbocycles. The van der Waals surface area contributed by atoms with E-state index < -0.39 is 0 Å². The normalized spacial score (nSPS) is 10.5. The summed E-state index contributed by atoms with van der Waals surface area (Å²) < 4.78 is 7.39. The minimum absolute atomic E-state index is 0.119. The first-order chi connectivity index (χ1) is 14.3. The van der Waals surface area contributed by atoms with Crippen molar-refractivity contribution in [1.29, 1.82) is 0 Å². The molecule has 8 heteroatoms. The Kier molecular flexibility index (Phi) is 5.82. The van der Waals surface area contributed by atoms with Gasteiger partial charge >= 0.3 is 0 Å². The predicted molar refractivity (Wildman–Crippen MR) is 111 cm³/mol. The van der Waals surface area contributed by atoms with Crippen LogP contribution in [0.1, 0.15) is 0 Å². The van der Waals surface area contributed by atoms with Gasteiger partial charge in [-0.1, -0.05) is 30.0 Å². The summed E-state index contributed by atoms with van der Waals surface area (Å²) in [4.78, 5) is 20.6. The lowest BCUT2D eigenvalue weighted by atomic mass is 10.3. The van der Waals surface area contributed by atoms with Crippen LogP contribution in [0.4, 0.5) is 5.69 Å². The number of carbonyl (C=O) groups is 1. The molecule has 0 saturated heterocycles. The van der Waals surface area contributed by atoms with Crippen molar-refractivity contribution in [2.75, 3.05) is 11.1 Å². The van der Waals surface area contributed by atoms with Crippen molar-refractivity contribution in [1.82, 2.24) is 19.7 Å². The molecule has 0 atom stereocenters. The minimum atomic E-state index is -0.119. The number of ether oxygens (including phenoxy) is 1. The maximum absolute atomic E-state index is 12.3. The Morgan fingerprint density at radius 3 is 2.55 bits per heavy atom. The van der Waals surface area contributed by atoms with Gasteiger partial charge < -0.3 is 10.1 Å². The maximum Gasteiger partial charge on any atom is 0.234 e. The molecular formula is C21H17N5O2S. The van der Waals surface area contributed by atoms with Gasteiger partial charge in [0.25, 0.3) is 0 Å². The zero-order valence-electron chi connectivity index (χ0n) is 15.3. The van der Waals surface area contributed by atoms with Crippen LogP contribution >= 0.6 is 11.8 Å². The highest BCUT2D eigenvalue weighted by molar-refractivity contribution is 7.99. The molecule has 0 unspecified atom stereocenters. The third-order valence-electron chi connectivity index (χ3n) is 3.83. The molecular weight excluding hydrogens is 386 g/mol. The van der Waals surface area contributed by atoms with Crippen molar-refractivity contribution in [3.8, 4) is 17.3 Å². The molecule has 4 aromatic rings. The van der Waals surface area contributed by atoms with Crippen LogP contribution in [0.2, 0.25) is 0 Å². The van der Waals surface area contributed by atoms with Crippen molar-refractivity contribution in [3.63, 3.8) is 0 Å². The van der Waals surface area contributed by atoms with Gasteiger partial charge in [-0.05, 0) is 42.5 Å². The highest BCUT2D eigenvalue weighted by atomic mass is 32.2. The van der Waals surface area contributed by atoms with Crippen molar-refractivity contribution in [3.05, 3.63) is 85.5 Å². The van der Waals surface area contributed by atoms with Gasteiger partial charge in [-0.3, -0.25) is 4.79 Å². The molecule has 1 amide bonds. The lowest BCUT2D eigenvalue weighted by Gasteiger charge is -2.08. The number of hydrogen-bond donors (Lipinski definition) is 1. The van der Waals surface area contributed by atoms with Gasteiger partial charge in [0.05, 0.1) is 5.75 Å². The molecule has 1 N–H and O–H groups in total. The molecule has 29 heavy (non-hydrogen) atoms. The second-order valence-corrected chi connectivity index (χ2v) is 6.94. The van der Waals surface area contributed by atoms with E-state index in [0.29, 0.717) is 22.3 Å². The molecule has 0 radical (unpaired) electrons. The number of rotatable bonds is 7. The van der Waals surface area contributed by atoms with Crippen LogP contribution in [0, 0.1) is 0 Å². The number of benzene rings is 2. The van der Waals surface area contributed by atoms with Gasteiger partial charge in [-0.25, -0.2) is 14.6 Å². The lowest BCUT2D eigenvalue weighted by Crippen LogP contribution is -2.14. The van der Waals surface area contributed by atoms with Crippen LogP contribution in [0.5, 0.6) is 11.5 Å². The fourth-order valence-corrected chi connectivity index (χ4v) is 3.17. The number of nitrogens with zero attached hydrogens (tertiary/aromatic N) is 4. The topological polar surface area (TPSA) is 81.9 Å². The SMILES string of the molecule is O=C(CSc1cc(-n2cccn2)ncn1)Nc1ccc(Oc2ccccc2)cc1. The summed E-state index contributed by atoms with van der Waals surface area (Å²) in [5.74, 6) is 2.24. The van der Waals surface area contributed by atoms with Crippen LogP contribution in [0.25, 0.3) is 5.82 Å². The van der Waals surface area contributed by atoms with Gasteiger partial charge in [0.1, 0.15) is 22.9 Å². The molecule has 0 fully saturated rings. The second kappa shape index (κ2) is 9.03. The fourth-order valence-electron chi connectivity index (χ4n) is 2.51. The zero-order valence-corrected chi connectivity index (χ0v) is 16.1. The molecule has 2 heterocycles. The standard InChI is InChI=1S/C21H17N5O2S/c27-20(14-29-21-13-19(22-15-23-21)26-12-4-11-24-26)25-16-7-9-18(10-8-16)28-17-5-2-1-3-6-17/h1-13,15H,14H2,(H,25,27). The number of hydrogen-bond acceptors (Lipinski definition) is 6. The summed E-state index contributed by atoms with van der Waals surface area (Å²) in [5.41, 5.74) is 0.705. The number of nitrogens with one attached hydrogen (secondary N) is 1. The van der Waals surface area contributed by atoms with E-state index in [4.69, 9.17) is 4.74 Å². The van der Waals surface area contributed by atoms with E-state index in [0.717, 1.165) is 5.75 Å². The Bertz CT molecular complexity index is 1070. The van der Waals surface area contributed by atoms with E-state index in [9.17, 15) is 4.79 Å². The van der Waals surface area contributed by atoms with Crippen LogP contribution in [0.3, 0.4) is 0 Å². The highest BCUT2D eigenvalue weighted by Gasteiger charge is 2.07. The minimum Gasteiger partial charge on any atom is -0.457 e. The first-order valence-corrected chi connectivity index (χ1v) is 9.82. The number of aromatic nitrogens is 4. The van der Waals surface area contributed by atoms with Gasteiger partial charge in [0.2, 0.25) is 5.91 Å². The van der Waals surface area contributed by atoms with Crippen LogP contribution < -0.4 is 10.1 Å². The third kappa shape index (κ3) is 5.20. The zero-order chi connectivity index (χ0) is 19.9. The van der Waals surface area contributed by atoms with E-state index in [-0.39, 0.29) is 11.7 Å². The van der Waals surface area contributed by atoms with Crippen molar-refractivity contribution in [2.45, 2.75) is 5.03 Å². The van der Waals surface area contributed by atoms with Gasteiger partial charge in [-0.15, -0.1) is 0 Å². The first kappa shape index (κ1) is 18.7. The summed E-state index contributed by atoms with van der Waals surface area (Å²) in [7, 11) is 0. The molecule has 0 bridgehead atoms. The Morgan fingerprint density at radius 1 is 1.00 bits per heavy atom. The molecule has 4 rings (SSSR count). The van der Waals surface area contributed by atoms with Crippen molar-refractivity contribution in [2.24, 2.45) is 0 Å². The number of para-hydroxylation sites is 1. The molecule has 0 aliphatic heterocycles. The van der Waals surface area contributed by atoms with E-state index in [1.807, 2.05) is 48.5 Å². The Hall–Kier alpha value is -3.65. The average molecular weight is 403 g/mol. The van der Waals surface area contributed by atoms with E-state index in [1.54, 1.807) is 35.3 Å². The average Bonchev–Trinajstić information content (AvgIpc) is 3.30. The molecule has 2 aromatic carbocycles. The van der Waals surface area contributed by atoms with E-state index in [1.165, 1.54) is 18.1 Å². The number of carbonyl (C=O) groups excluding carboxylic acids is 1. The number of amides is 1. The van der Waals surface area contributed by atoms with E-state index in [2.05, 4.69) is 20.4 Å². The van der Waals surface area contributed by atoms with E-state index >= 15 is 0 Å². The summed E-state index contributed by atoms with van der Waals surface area (Å²) in [6.45, 7) is 0. The van der Waals surface area contributed by atoms with Crippen LogP contribution in [-0.4, -0.2) is 31.4 Å². The van der Waals surface area contributed by atoms with Crippen molar-refractivity contribution >= 4 is 23.4 Å². The predicted octanol–water partition coefficient (Wildman–Crippen LogP) is 4.19. The van der Waals surface area contributed by atoms with Crippen LogP contribution in [-0.2, 0) is 4.79 Å². The van der Waals surface area contributed by atoms with Crippen LogP contribution in [0.15, 0.2) is 90.5 Å². The monoisotopic (exact) mass is 403 g/mol. The Morgan fingerprint density at radius 2 is 1.79 bits per heavy atom. The molecule has 2 aromatic heterocycles. The molecule has 144 valence electrons. The fraction of sp³-hybridized carbons (Fsp3) is 0.0476. The van der Waals surface area contributed by atoms with Gasteiger partial charge in [0, 0.05) is 24.1 Å². The second-order valence-electron chi connectivity index (χ2n) is 5.94. The number of thioether (sulfide) groups is 1. The molecule has 0 aliphatic rings. The third-order valence-corrected chi connectivity index (χ3v) is 4.76. The molecule has 0 spiro atoms. The van der Waals surface area contributed by atoms with Gasteiger partial charge in [0.15, 0.2) is 5.82 Å². The Labute approximate surface area is 171 Å². The quantitative estimate of drug-likeness (QED) is 0.368. The number of anilines is 1.